The summed E-state index contributed by atoms with van der Waals surface area (Å²) in [6.07, 6.45) is 14.8. The van der Waals surface area contributed by atoms with E-state index in [-0.39, 0.29) is 15.9 Å². The van der Waals surface area contributed by atoms with Crippen LogP contribution in [0.15, 0.2) is 92.4 Å². The number of nitrogens with zero attached hydrogens (tertiary/aromatic N) is 5. The number of benzene rings is 4. The summed E-state index contributed by atoms with van der Waals surface area (Å²) in [7, 11) is 0. The highest BCUT2D eigenvalue weighted by atomic mass is 35.5. The highest BCUT2D eigenvalue weighted by Crippen LogP contribution is 2.37. The van der Waals surface area contributed by atoms with Gasteiger partial charge in [0.25, 0.3) is 0 Å². The lowest BCUT2D eigenvalue weighted by molar-refractivity contribution is 0.458. The molecule has 1 aromatic heterocycles. The van der Waals surface area contributed by atoms with E-state index in [9.17, 15) is 0 Å². The maximum absolute atomic E-state index is 6.23. The van der Waals surface area contributed by atoms with Crippen LogP contribution in [0, 0.1) is 17.8 Å². The van der Waals surface area contributed by atoms with Crippen LogP contribution >= 0.6 is 132 Å². The second kappa shape index (κ2) is 35.1. The number of unbranched alkanes of at least 4 members (excludes halogenated alkanes) is 3. The summed E-state index contributed by atoms with van der Waals surface area (Å²) in [4.78, 5) is 18.6. The SMILES string of the molecule is CCCCC(CC)CN.CCCCC(CC)CN(c1cc(Cl)cc(Cl)c1)c1cc(Cl)cc(Cl)c1.CCCCC(CC)CN(c1cc(S)cc(S)c1)c1cc(S)cc(S)c1.Clc1nc(Cl)nc(Cl)n1. The first-order valence-corrected chi connectivity index (χ1v) is 27.8. The zero-order valence-corrected chi connectivity index (χ0v) is 48.9. The molecule has 3 atom stereocenters. The first-order chi connectivity index (χ1) is 32.4. The molecule has 0 fully saturated rings. The van der Waals surface area contributed by atoms with Crippen molar-refractivity contribution >= 4 is 154 Å². The summed E-state index contributed by atoms with van der Waals surface area (Å²) < 4.78 is 0. The molecule has 5 aromatic rings. The van der Waals surface area contributed by atoms with E-state index >= 15 is 0 Å². The normalized spacial score (nSPS) is 12.1. The van der Waals surface area contributed by atoms with E-state index in [1.807, 2.05) is 36.4 Å². The summed E-state index contributed by atoms with van der Waals surface area (Å²) in [5.41, 5.74) is 9.64. The number of rotatable bonds is 21. The molecule has 0 aliphatic rings. The summed E-state index contributed by atoms with van der Waals surface area (Å²) in [5, 5.41) is 2.45. The van der Waals surface area contributed by atoms with Crippen molar-refractivity contribution in [2.24, 2.45) is 23.5 Å². The molecule has 6 nitrogen and oxygen atoms in total. The molecule has 0 bridgehead atoms. The molecule has 376 valence electrons. The van der Waals surface area contributed by atoms with Gasteiger partial charge in [-0.2, -0.15) is 15.0 Å². The van der Waals surface area contributed by atoms with Crippen molar-refractivity contribution in [1.82, 2.24) is 15.0 Å². The van der Waals surface area contributed by atoms with Gasteiger partial charge in [0, 0.05) is 75.5 Å². The van der Waals surface area contributed by atoms with Crippen molar-refractivity contribution in [1.29, 1.82) is 0 Å². The fourth-order valence-electron chi connectivity index (χ4n) is 7.22. The molecule has 68 heavy (non-hydrogen) atoms. The molecular formula is C51H69Cl7N6S4. The molecule has 0 radical (unpaired) electrons. The van der Waals surface area contributed by atoms with Gasteiger partial charge in [-0.05, 0) is 151 Å². The van der Waals surface area contributed by atoms with Crippen LogP contribution < -0.4 is 15.5 Å². The highest BCUT2D eigenvalue weighted by molar-refractivity contribution is 7.81. The van der Waals surface area contributed by atoms with E-state index in [0.29, 0.717) is 31.9 Å². The Morgan fingerprint density at radius 3 is 0.926 bits per heavy atom. The van der Waals surface area contributed by atoms with Crippen molar-refractivity contribution < 1.29 is 0 Å². The first-order valence-electron chi connectivity index (χ1n) is 23.3. The van der Waals surface area contributed by atoms with Crippen LogP contribution in [0.2, 0.25) is 35.9 Å². The van der Waals surface area contributed by atoms with Crippen molar-refractivity contribution in [3.8, 4) is 0 Å². The maximum Gasteiger partial charge on any atom is 0.227 e. The van der Waals surface area contributed by atoms with Crippen molar-refractivity contribution in [2.75, 3.05) is 29.4 Å². The van der Waals surface area contributed by atoms with E-state index in [4.69, 9.17) is 86.9 Å². The van der Waals surface area contributed by atoms with Crippen molar-refractivity contribution in [3.05, 3.63) is 109 Å². The van der Waals surface area contributed by atoms with Crippen LogP contribution in [0.25, 0.3) is 0 Å². The largest absolute Gasteiger partial charge is 0.341 e. The Hall–Kier alpha value is -1.12. The van der Waals surface area contributed by atoms with Crippen molar-refractivity contribution in [3.63, 3.8) is 0 Å². The molecule has 1 heterocycles. The summed E-state index contributed by atoms with van der Waals surface area (Å²) in [5.74, 6) is 1.99. The van der Waals surface area contributed by atoms with Gasteiger partial charge < -0.3 is 15.5 Å². The van der Waals surface area contributed by atoms with Gasteiger partial charge in [-0.3, -0.25) is 0 Å². The van der Waals surface area contributed by atoms with Crippen molar-refractivity contribution in [2.45, 2.75) is 138 Å². The van der Waals surface area contributed by atoms with Gasteiger partial charge in [-0.25, -0.2) is 0 Å². The van der Waals surface area contributed by atoms with Crippen LogP contribution in [0.3, 0.4) is 0 Å². The Morgan fingerprint density at radius 2 is 0.676 bits per heavy atom. The van der Waals surface area contributed by atoms with E-state index in [1.165, 1.54) is 70.6 Å². The van der Waals surface area contributed by atoms with Gasteiger partial charge >= 0.3 is 0 Å². The second-order valence-electron chi connectivity index (χ2n) is 16.5. The number of nitrogens with two attached hydrogens (primary N) is 1. The molecular weight excluding hydrogens is 1070 g/mol. The van der Waals surface area contributed by atoms with Crippen LogP contribution in [0.5, 0.6) is 0 Å². The number of hydrogen-bond donors (Lipinski definition) is 5. The van der Waals surface area contributed by atoms with Gasteiger partial charge in [-0.15, -0.1) is 50.5 Å². The average Bonchev–Trinajstić information content (AvgIpc) is 3.26. The number of anilines is 4. The molecule has 17 heteroatoms. The third kappa shape index (κ3) is 25.0. The van der Waals surface area contributed by atoms with Crippen LogP contribution in [-0.2, 0) is 0 Å². The minimum absolute atomic E-state index is 0.000000000000000444. The van der Waals surface area contributed by atoms with Crippen LogP contribution in [-0.4, -0.2) is 34.6 Å². The lowest BCUT2D eigenvalue weighted by Gasteiger charge is -2.30. The molecule has 5 rings (SSSR count). The molecule has 0 saturated heterocycles. The van der Waals surface area contributed by atoms with Gasteiger partial charge in [0.15, 0.2) is 0 Å². The van der Waals surface area contributed by atoms with E-state index < -0.39 is 0 Å². The Morgan fingerprint density at radius 1 is 0.412 bits per heavy atom. The fraction of sp³-hybridized carbons (Fsp3) is 0.471. The van der Waals surface area contributed by atoms with Crippen LogP contribution in [0.4, 0.5) is 22.7 Å². The zero-order chi connectivity index (χ0) is 50.8. The number of hydrogen-bond acceptors (Lipinski definition) is 10. The Bertz CT molecular complexity index is 1870. The lowest BCUT2D eigenvalue weighted by atomic mass is 9.98. The first kappa shape index (κ1) is 63.0. The van der Waals surface area contributed by atoms with Gasteiger partial charge in [-0.1, -0.05) is 146 Å². The molecule has 0 aliphatic heterocycles. The minimum atomic E-state index is 0.000000000000000444. The topological polar surface area (TPSA) is 71.2 Å². The lowest BCUT2D eigenvalue weighted by Crippen LogP contribution is -2.25. The highest BCUT2D eigenvalue weighted by Gasteiger charge is 2.19. The molecule has 0 spiro atoms. The number of thiol groups is 4. The summed E-state index contributed by atoms with van der Waals surface area (Å²) in [6, 6.07) is 23.5. The third-order valence-corrected chi connectivity index (χ3v) is 13.5. The fourth-order valence-corrected chi connectivity index (χ4v) is 10.1. The van der Waals surface area contributed by atoms with E-state index in [1.54, 1.807) is 12.1 Å². The second-order valence-corrected chi connectivity index (χ2v) is 21.3. The molecule has 2 N–H and O–H groups in total. The standard InChI is InChI=1S/C20H23Cl4N.C20H27NS4.C8H19N.C3Cl3N3/c1-3-5-6-14(4-2)13-25(19-9-15(21)7-16(22)10-19)20-11-17(23)8-18(24)12-20;1-3-5-6-14(4-2)13-21(15-7-17(22)11-18(23)8-15)16-9-19(24)12-20(25)10-16;1-3-5-6-8(4-2)7-9;4-1-7-2(5)9-3(6)8-1/h7-12,14H,3-6,13H2,1-2H3;7-12,14,22-25H,3-6,13H2,1-2H3;8H,3-7,9H2,1-2H3;. The Kier molecular flexibility index (Phi) is 32.5. The molecule has 0 saturated carbocycles. The van der Waals surface area contributed by atoms with E-state index in [2.05, 4.69) is 141 Å². The molecule has 0 amide bonds. The summed E-state index contributed by atoms with van der Waals surface area (Å²) in [6.45, 7) is 16.1. The quantitative estimate of drug-likeness (QED) is 0.0472. The predicted molar refractivity (Wildman–Crippen MR) is 313 cm³/mol. The van der Waals surface area contributed by atoms with Gasteiger partial charge in [0.1, 0.15) is 0 Å². The van der Waals surface area contributed by atoms with Gasteiger partial charge in [0.05, 0.1) is 0 Å². The Labute approximate surface area is 465 Å². The minimum Gasteiger partial charge on any atom is -0.341 e. The Balaban J connectivity index is 0.000000344. The third-order valence-electron chi connectivity index (χ3n) is 11.1. The van der Waals surface area contributed by atoms with Gasteiger partial charge in [0.2, 0.25) is 15.9 Å². The smallest absolute Gasteiger partial charge is 0.227 e. The monoisotopic (exact) mass is 1140 g/mol. The number of aromatic nitrogens is 3. The zero-order valence-electron chi connectivity index (χ0n) is 40.0. The maximum atomic E-state index is 6.23. The molecule has 0 aliphatic carbocycles. The average molecular weight is 1140 g/mol. The number of halogens is 7. The molecule has 3 unspecified atom stereocenters. The predicted octanol–water partition coefficient (Wildman–Crippen LogP) is 19.8. The summed E-state index contributed by atoms with van der Waals surface area (Å²) >= 11 is 59.0. The molecule has 4 aromatic carbocycles. The van der Waals surface area contributed by atoms with Crippen LogP contribution in [0.1, 0.15) is 119 Å². The van der Waals surface area contributed by atoms with E-state index in [0.717, 1.165) is 74.3 Å².